The highest BCUT2D eigenvalue weighted by atomic mass is 32.2. The summed E-state index contributed by atoms with van der Waals surface area (Å²) in [4.78, 5) is 23.1. The van der Waals surface area contributed by atoms with Crippen LogP contribution in [-0.2, 0) is 21.2 Å². The average Bonchev–Trinajstić information content (AvgIpc) is 2.71. The Labute approximate surface area is 173 Å². The Morgan fingerprint density at radius 3 is 2.37 bits per heavy atom. The molecule has 0 bridgehead atoms. The molecular formula is C21H19N3O5S. The average molecular weight is 425 g/mol. The monoisotopic (exact) mass is 425 g/mol. The Morgan fingerprint density at radius 1 is 1.00 bits per heavy atom. The first-order chi connectivity index (χ1) is 14.3. The molecule has 3 aromatic rings. The van der Waals surface area contributed by atoms with Crippen LogP contribution in [0.1, 0.15) is 11.1 Å². The van der Waals surface area contributed by atoms with Crippen molar-refractivity contribution in [3.63, 3.8) is 0 Å². The predicted octanol–water partition coefficient (Wildman–Crippen LogP) is 3.89. The predicted molar refractivity (Wildman–Crippen MR) is 114 cm³/mol. The van der Waals surface area contributed by atoms with Gasteiger partial charge in [0.15, 0.2) is 0 Å². The Bertz CT molecular complexity index is 1190. The number of sulfonamides is 1. The molecule has 0 aromatic heterocycles. The Morgan fingerprint density at radius 2 is 1.67 bits per heavy atom. The molecule has 0 unspecified atom stereocenters. The second kappa shape index (κ2) is 8.75. The first-order valence-corrected chi connectivity index (χ1v) is 10.5. The van der Waals surface area contributed by atoms with Gasteiger partial charge in [-0.05, 0) is 36.8 Å². The molecule has 3 rings (SSSR count). The molecule has 0 aliphatic heterocycles. The fraction of sp³-hybridized carbons (Fsp3) is 0.0952. The summed E-state index contributed by atoms with van der Waals surface area (Å²) < 4.78 is 27.7. The minimum atomic E-state index is -3.78. The fourth-order valence-corrected chi connectivity index (χ4v) is 3.97. The highest BCUT2D eigenvalue weighted by Gasteiger charge is 2.17. The van der Waals surface area contributed by atoms with E-state index in [-0.39, 0.29) is 22.6 Å². The molecule has 0 aliphatic rings. The summed E-state index contributed by atoms with van der Waals surface area (Å²) in [6.45, 7) is 1.74. The van der Waals surface area contributed by atoms with Gasteiger partial charge in [-0.1, -0.05) is 42.5 Å². The Hall–Kier alpha value is -3.72. The lowest BCUT2D eigenvalue weighted by atomic mass is 10.1. The van der Waals surface area contributed by atoms with Gasteiger partial charge in [-0.2, -0.15) is 0 Å². The van der Waals surface area contributed by atoms with Gasteiger partial charge >= 0.3 is 0 Å². The van der Waals surface area contributed by atoms with Crippen molar-refractivity contribution in [3.8, 4) is 0 Å². The number of amides is 1. The molecule has 0 radical (unpaired) electrons. The smallest absolute Gasteiger partial charge is 0.273 e. The number of hydrogen-bond donors (Lipinski definition) is 2. The topological polar surface area (TPSA) is 118 Å². The lowest BCUT2D eigenvalue weighted by Gasteiger charge is -2.13. The van der Waals surface area contributed by atoms with Crippen LogP contribution in [0.2, 0.25) is 0 Å². The van der Waals surface area contributed by atoms with Crippen LogP contribution < -0.4 is 10.0 Å². The Kier molecular flexibility index (Phi) is 6.12. The van der Waals surface area contributed by atoms with Crippen molar-refractivity contribution >= 4 is 33.0 Å². The molecule has 0 saturated carbocycles. The summed E-state index contributed by atoms with van der Waals surface area (Å²) in [5, 5.41) is 13.8. The lowest BCUT2D eigenvalue weighted by Crippen LogP contribution is -2.16. The number of hydrogen-bond acceptors (Lipinski definition) is 5. The number of nitrogens with one attached hydrogen (secondary N) is 2. The van der Waals surface area contributed by atoms with Gasteiger partial charge in [-0.25, -0.2) is 8.42 Å². The van der Waals surface area contributed by atoms with Crippen molar-refractivity contribution < 1.29 is 18.1 Å². The number of anilines is 2. The largest absolute Gasteiger partial charge is 0.326 e. The van der Waals surface area contributed by atoms with Crippen LogP contribution >= 0.6 is 0 Å². The fourth-order valence-electron chi connectivity index (χ4n) is 2.83. The zero-order valence-corrected chi connectivity index (χ0v) is 16.8. The van der Waals surface area contributed by atoms with Crippen LogP contribution in [0, 0.1) is 17.0 Å². The molecule has 1 amide bonds. The summed E-state index contributed by atoms with van der Waals surface area (Å²) in [7, 11) is -3.78. The standard InChI is InChI=1S/C21H19N3O5S/c1-15-11-12-17(14-19(15)23-30(28,29)18-8-3-2-4-9-18)22-21(25)13-16-7-5-6-10-20(16)24(26)27/h2-12,14,23H,13H2,1H3,(H,22,25). The maximum Gasteiger partial charge on any atom is 0.273 e. The van der Waals surface area contributed by atoms with E-state index in [1.165, 1.54) is 36.4 Å². The highest BCUT2D eigenvalue weighted by Crippen LogP contribution is 2.24. The van der Waals surface area contributed by atoms with Crippen molar-refractivity contribution in [2.75, 3.05) is 10.0 Å². The number of benzene rings is 3. The first-order valence-electron chi connectivity index (χ1n) is 8.97. The van der Waals surface area contributed by atoms with Crippen molar-refractivity contribution in [2.24, 2.45) is 0 Å². The SMILES string of the molecule is Cc1ccc(NC(=O)Cc2ccccc2[N+](=O)[O-])cc1NS(=O)(=O)c1ccccc1. The number of rotatable bonds is 7. The van der Waals surface area contributed by atoms with Crippen LogP contribution in [0.5, 0.6) is 0 Å². The van der Waals surface area contributed by atoms with Crippen molar-refractivity contribution in [2.45, 2.75) is 18.2 Å². The molecular weight excluding hydrogens is 406 g/mol. The van der Waals surface area contributed by atoms with E-state index in [0.717, 1.165) is 0 Å². The summed E-state index contributed by atoms with van der Waals surface area (Å²) >= 11 is 0. The van der Waals surface area contributed by atoms with E-state index in [9.17, 15) is 23.3 Å². The van der Waals surface area contributed by atoms with Gasteiger partial charge in [0, 0.05) is 17.3 Å². The van der Waals surface area contributed by atoms with Gasteiger partial charge in [-0.3, -0.25) is 19.6 Å². The van der Waals surface area contributed by atoms with Gasteiger partial charge in [0.2, 0.25) is 5.91 Å². The third-order valence-corrected chi connectivity index (χ3v) is 5.74. The molecule has 154 valence electrons. The highest BCUT2D eigenvalue weighted by molar-refractivity contribution is 7.92. The first kappa shape index (κ1) is 21.0. The summed E-state index contributed by atoms with van der Waals surface area (Å²) in [6.07, 6.45) is -0.184. The van der Waals surface area contributed by atoms with E-state index in [1.54, 1.807) is 43.3 Å². The number of nitro benzene ring substituents is 1. The maximum absolute atomic E-state index is 12.6. The molecule has 0 saturated heterocycles. The minimum absolute atomic E-state index is 0.121. The third-order valence-electron chi connectivity index (χ3n) is 4.36. The Balaban J connectivity index is 1.77. The second-order valence-corrected chi connectivity index (χ2v) is 8.24. The molecule has 8 nitrogen and oxygen atoms in total. The van der Waals surface area contributed by atoms with Crippen molar-refractivity contribution in [1.29, 1.82) is 0 Å². The maximum atomic E-state index is 12.6. The van der Waals surface area contributed by atoms with E-state index in [4.69, 9.17) is 0 Å². The van der Waals surface area contributed by atoms with E-state index in [2.05, 4.69) is 10.0 Å². The van der Waals surface area contributed by atoms with Crippen molar-refractivity contribution in [3.05, 3.63) is 94.0 Å². The van der Waals surface area contributed by atoms with Crippen molar-refractivity contribution in [1.82, 2.24) is 0 Å². The molecule has 9 heteroatoms. The number of aryl methyl sites for hydroxylation is 1. The van der Waals surface area contributed by atoms with Crippen LogP contribution in [0.25, 0.3) is 0 Å². The minimum Gasteiger partial charge on any atom is -0.326 e. The molecule has 0 aliphatic carbocycles. The number of para-hydroxylation sites is 1. The van der Waals surface area contributed by atoms with Crippen LogP contribution in [0.15, 0.2) is 77.7 Å². The number of carbonyl (C=O) groups excluding carboxylic acids is 1. The van der Waals surface area contributed by atoms with Gasteiger partial charge in [0.05, 0.1) is 21.9 Å². The molecule has 3 aromatic carbocycles. The van der Waals surface area contributed by atoms with E-state index >= 15 is 0 Å². The summed E-state index contributed by atoms with van der Waals surface area (Å²) in [6, 6.07) is 18.8. The van der Waals surface area contributed by atoms with Crippen LogP contribution in [0.3, 0.4) is 0 Å². The van der Waals surface area contributed by atoms with Crippen LogP contribution in [-0.4, -0.2) is 19.2 Å². The number of nitro groups is 1. The second-order valence-electron chi connectivity index (χ2n) is 6.56. The molecule has 30 heavy (non-hydrogen) atoms. The summed E-state index contributed by atoms with van der Waals surface area (Å²) in [5.41, 5.74) is 1.52. The third kappa shape index (κ3) is 5.00. The zero-order valence-electron chi connectivity index (χ0n) is 16.0. The van der Waals surface area contributed by atoms with Crippen LogP contribution in [0.4, 0.5) is 17.1 Å². The number of carbonyl (C=O) groups is 1. The van der Waals surface area contributed by atoms with Gasteiger partial charge < -0.3 is 5.32 Å². The van der Waals surface area contributed by atoms with E-state index < -0.39 is 20.9 Å². The van der Waals surface area contributed by atoms with Gasteiger partial charge in [0.1, 0.15) is 0 Å². The molecule has 0 fully saturated rings. The molecule has 0 heterocycles. The molecule has 0 atom stereocenters. The number of nitrogens with zero attached hydrogens (tertiary/aromatic N) is 1. The zero-order chi connectivity index (χ0) is 21.7. The van der Waals surface area contributed by atoms with E-state index in [1.807, 2.05) is 0 Å². The quantitative estimate of drug-likeness (QED) is 0.440. The van der Waals surface area contributed by atoms with Gasteiger partial charge in [0.25, 0.3) is 15.7 Å². The molecule has 2 N–H and O–H groups in total. The summed E-state index contributed by atoms with van der Waals surface area (Å²) in [5.74, 6) is -0.454. The molecule has 0 spiro atoms. The van der Waals surface area contributed by atoms with E-state index in [0.29, 0.717) is 16.9 Å². The lowest BCUT2D eigenvalue weighted by molar-refractivity contribution is -0.385. The van der Waals surface area contributed by atoms with Gasteiger partial charge in [-0.15, -0.1) is 0 Å². The normalized spacial score (nSPS) is 11.0.